The third-order valence-corrected chi connectivity index (χ3v) is 2.90. The van der Waals surface area contributed by atoms with Gasteiger partial charge in [-0.3, -0.25) is 4.79 Å². The van der Waals surface area contributed by atoms with Crippen LogP contribution in [0.25, 0.3) is 0 Å². The van der Waals surface area contributed by atoms with Crippen molar-refractivity contribution in [1.29, 1.82) is 0 Å². The van der Waals surface area contributed by atoms with Crippen molar-refractivity contribution >= 4 is 5.91 Å². The number of hydrogen-bond acceptors (Lipinski definition) is 2. The fraction of sp³-hybridized carbons (Fsp3) is 0.462. The molecular weight excluding hydrogens is 238 g/mol. The van der Waals surface area contributed by atoms with Gasteiger partial charge in [-0.05, 0) is 18.9 Å². The molecular formula is C13H16F2N2O. The molecule has 1 aromatic carbocycles. The molecule has 1 amide bonds. The summed E-state index contributed by atoms with van der Waals surface area (Å²) in [7, 11) is 0. The highest BCUT2D eigenvalue weighted by Crippen LogP contribution is 2.28. The molecule has 0 atom stereocenters. The summed E-state index contributed by atoms with van der Waals surface area (Å²) in [4.78, 5) is 11.3. The Kier molecular flexibility index (Phi) is 4.25. The first kappa shape index (κ1) is 13.0. The molecule has 5 heteroatoms. The van der Waals surface area contributed by atoms with Gasteiger partial charge in [0.1, 0.15) is 0 Å². The fourth-order valence-corrected chi connectivity index (χ4v) is 1.67. The normalized spacial score (nSPS) is 14.6. The van der Waals surface area contributed by atoms with Gasteiger partial charge in [-0.25, -0.2) is 8.78 Å². The molecule has 3 nitrogen and oxygen atoms in total. The largest absolute Gasteiger partial charge is 0.355 e. The van der Waals surface area contributed by atoms with E-state index in [9.17, 15) is 13.6 Å². The van der Waals surface area contributed by atoms with Crippen molar-refractivity contribution in [3.8, 4) is 0 Å². The number of benzene rings is 1. The summed E-state index contributed by atoms with van der Waals surface area (Å²) >= 11 is 0. The zero-order chi connectivity index (χ0) is 13.0. The average molecular weight is 254 g/mol. The summed E-state index contributed by atoms with van der Waals surface area (Å²) in [6, 6.07) is 4.10. The van der Waals surface area contributed by atoms with Gasteiger partial charge in [0.2, 0.25) is 5.91 Å². The minimum Gasteiger partial charge on any atom is -0.355 e. The van der Waals surface area contributed by atoms with E-state index in [4.69, 9.17) is 0 Å². The van der Waals surface area contributed by atoms with Crippen LogP contribution >= 0.6 is 0 Å². The second kappa shape index (κ2) is 5.91. The van der Waals surface area contributed by atoms with Crippen LogP contribution in [0.5, 0.6) is 0 Å². The van der Waals surface area contributed by atoms with Crippen molar-refractivity contribution in [3.05, 3.63) is 35.4 Å². The van der Waals surface area contributed by atoms with Crippen LogP contribution in [0.4, 0.5) is 8.78 Å². The zero-order valence-corrected chi connectivity index (χ0v) is 10.0. The second-order valence-electron chi connectivity index (χ2n) is 4.46. The predicted octanol–water partition coefficient (Wildman–Crippen LogP) is 1.58. The Hall–Kier alpha value is -1.49. The standard InChI is InChI=1S/C13H16F2N2O/c14-11-3-1-2-10(12(11)15)8-16-6-7-17-13(18)9-4-5-9/h1-3,9,16H,4-8H2,(H,17,18). The van der Waals surface area contributed by atoms with E-state index in [2.05, 4.69) is 10.6 Å². The number of carbonyl (C=O) groups is 1. The molecule has 1 aliphatic rings. The van der Waals surface area contributed by atoms with Crippen LogP contribution in [0.1, 0.15) is 18.4 Å². The van der Waals surface area contributed by atoms with Crippen LogP contribution in [0.3, 0.4) is 0 Å². The first-order chi connectivity index (χ1) is 8.68. The van der Waals surface area contributed by atoms with Crippen LogP contribution in [-0.4, -0.2) is 19.0 Å². The average Bonchev–Trinajstić information content (AvgIpc) is 3.18. The van der Waals surface area contributed by atoms with E-state index in [0.717, 1.165) is 18.9 Å². The Morgan fingerprint density at radius 3 is 2.78 bits per heavy atom. The molecule has 1 fully saturated rings. The van der Waals surface area contributed by atoms with Gasteiger partial charge in [-0.2, -0.15) is 0 Å². The second-order valence-corrected chi connectivity index (χ2v) is 4.46. The SMILES string of the molecule is O=C(NCCNCc1cccc(F)c1F)C1CC1. The van der Waals surface area contributed by atoms with Crippen molar-refractivity contribution in [2.24, 2.45) is 5.92 Å². The Morgan fingerprint density at radius 2 is 2.06 bits per heavy atom. The molecule has 2 rings (SSSR count). The van der Waals surface area contributed by atoms with Crippen LogP contribution in [-0.2, 0) is 11.3 Å². The van der Waals surface area contributed by atoms with E-state index < -0.39 is 11.6 Å². The highest BCUT2D eigenvalue weighted by Gasteiger charge is 2.28. The third-order valence-electron chi connectivity index (χ3n) is 2.90. The van der Waals surface area contributed by atoms with E-state index in [1.165, 1.54) is 12.1 Å². The molecule has 0 spiro atoms. The summed E-state index contributed by atoms with van der Waals surface area (Å²) in [6.07, 6.45) is 1.96. The van der Waals surface area contributed by atoms with Gasteiger partial charge >= 0.3 is 0 Å². The molecule has 0 radical (unpaired) electrons. The predicted molar refractivity (Wildman–Crippen MR) is 63.8 cm³/mol. The Bertz CT molecular complexity index is 433. The molecule has 1 aromatic rings. The Balaban J connectivity index is 1.65. The van der Waals surface area contributed by atoms with E-state index in [1.54, 1.807) is 0 Å². The lowest BCUT2D eigenvalue weighted by Gasteiger charge is -2.07. The number of nitrogens with one attached hydrogen (secondary N) is 2. The number of hydrogen-bond donors (Lipinski definition) is 2. The maximum absolute atomic E-state index is 13.3. The summed E-state index contributed by atoms with van der Waals surface area (Å²) in [5.74, 6) is -1.36. The van der Waals surface area contributed by atoms with Gasteiger partial charge in [0, 0.05) is 31.1 Å². The first-order valence-electron chi connectivity index (χ1n) is 6.10. The lowest BCUT2D eigenvalue weighted by molar-refractivity contribution is -0.122. The number of halogens is 2. The van der Waals surface area contributed by atoms with Crippen molar-refractivity contribution < 1.29 is 13.6 Å². The number of rotatable bonds is 6. The zero-order valence-electron chi connectivity index (χ0n) is 10.0. The topological polar surface area (TPSA) is 41.1 Å². The molecule has 1 aliphatic carbocycles. The summed E-state index contributed by atoms with van der Waals surface area (Å²) in [5, 5.41) is 5.75. The molecule has 2 N–H and O–H groups in total. The van der Waals surface area contributed by atoms with Crippen LogP contribution in [0.2, 0.25) is 0 Å². The maximum Gasteiger partial charge on any atom is 0.223 e. The quantitative estimate of drug-likeness (QED) is 0.757. The molecule has 18 heavy (non-hydrogen) atoms. The molecule has 0 aromatic heterocycles. The first-order valence-corrected chi connectivity index (χ1v) is 6.10. The maximum atomic E-state index is 13.3. The fourth-order valence-electron chi connectivity index (χ4n) is 1.67. The number of amides is 1. The van der Waals surface area contributed by atoms with Gasteiger partial charge in [0.25, 0.3) is 0 Å². The van der Waals surface area contributed by atoms with Gasteiger partial charge in [0.15, 0.2) is 11.6 Å². The van der Waals surface area contributed by atoms with E-state index >= 15 is 0 Å². The van der Waals surface area contributed by atoms with Gasteiger partial charge in [0.05, 0.1) is 0 Å². The van der Waals surface area contributed by atoms with Gasteiger partial charge < -0.3 is 10.6 Å². The summed E-state index contributed by atoms with van der Waals surface area (Å²) in [6.45, 7) is 1.30. The Morgan fingerprint density at radius 1 is 1.28 bits per heavy atom. The van der Waals surface area contributed by atoms with Gasteiger partial charge in [-0.15, -0.1) is 0 Å². The smallest absolute Gasteiger partial charge is 0.223 e. The summed E-state index contributed by atoms with van der Waals surface area (Å²) in [5.41, 5.74) is 0.295. The van der Waals surface area contributed by atoms with Gasteiger partial charge in [-0.1, -0.05) is 12.1 Å². The highest BCUT2D eigenvalue weighted by atomic mass is 19.2. The molecule has 0 aliphatic heterocycles. The lowest BCUT2D eigenvalue weighted by Crippen LogP contribution is -2.32. The van der Waals surface area contributed by atoms with Crippen LogP contribution < -0.4 is 10.6 Å². The molecule has 0 bridgehead atoms. The monoisotopic (exact) mass is 254 g/mol. The van der Waals surface area contributed by atoms with Crippen LogP contribution in [0.15, 0.2) is 18.2 Å². The molecule has 0 heterocycles. The highest BCUT2D eigenvalue weighted by molar-refractivity contribution is 5.80. The van der Waals surface area contributed by atoms with Crippen LogP contribution in [0, 0.1) is 17.6 Å². The van der Waals surface area contributed by atoms with Crippen molar-refractivity contribution in [2.75, 3.05) is 13.1 Å². The Labute approximate surface area is 105 Å². The van der Waals surface area contributed by atoms with Crippen molar-refractivity contribution in [3.63, 3.8) is 0 Å². The van der Waals surface area contributed by atoms with Crippen molar-refractivity contribution in [2.45, 2.75) is 19.4 Å². The summed E-state index contributed by atoms with van der Waals surface area (Å²) < 4.78 is 26.2. The van der Waals surface area contributed by atoms with Crippen molar-refractivity contribution in [1.82, 2.24) is 10.6 Å². The minimum absolute atomic E-state index is 0.0914. The molecule has 98 valence electrons. The minimum atomic E-state index is -0.837. The number of carbonyl (C=O) groups excluding carboxylic acids is 1. The molecule has 0 saturated heterocycles. The molecule has 1 saturated carbocycles. The molecule has 0 unspecified atom stereocenters. The van der Waals surface area contributed by atoms with E-state index in [1.807, 2.05) is 0 Å². The third kappa shape index (κ3) is 3.50. The van der Waals surface area contributed by atoms with E-state index in [-0.39, 0.29) is 18.4 Å². The lowest BCUT2D eigenvalue weighted by atomic mass is 10.2. The van der Waals surface area contributed by atoms with E-state index in [0.29, 0.717) is 18.7 Å².